The van der Waals surface area contributed by atoms with Crippen LogP contribution in [-0.4, -0.2) is 48.0 Å². The Morgan fingerprint density at radius 3 is 2.33 bits per heavy atom. The zero-order valence-corrected chi connectivity index (χ0v) is 16.4. The summed E-state index contributed by atoms with van der Waals surface area (Å²) in [5.74, 6) is 0.0574. The monoisotopic (exact) mass is 366 g/mol. The van der Waals surface area contributed by atoms with E-state index in [-0.39, 0.29) is 5.91 Å². The molecule has 27 heavy (non-hydrogen) atoms. The van der Waals surface area contributed by atoms with E-state index < -0.39 is 6.04 Å². The first-order valence-corrected chi connectivity index (χ1v) is 9.92. The Labute approximate surface area is 162 Å². The predicted molar refractivity (Wildman–Crippen MR) is 110 cm³/mol. The highest BCUT2D eigenvalue weighted by molar-refractivity contribution is 5.82. The molecule has 1 aromatic heterocycles. The minimum absolute atomic E-state index is 0.0574. The lowest BCUT2D eigenvalue weighted by molar-refractivity contribution is -0.132. The molecule has 0 radical (unpaired) electrons. The molecule has 2 aromatic rings. The molecule has 1 aliphatic rings. The zero-order valence-electron chi connectivity index (χ0n) is 16.4. The molecule has 1 saturated heterocycles. The van der Waals surface area contributed by atoms with Crippen molar-refractivity contribution in [1.29, 1.82) is 0 Å². The number of anilines is 1. The minimum atomic E-state index is -0.477. The van der Waals surface area contributed by atoms with Gasteiger partial charge in [-0.25, -0.2) is 0 Å². The van der Waals surface area contributed by atoms with Crippen molar-refractivity contribution in [2.24, 2.45) is 5.73 Å². The van der Waals surface area contributed by atoms with Gasteiger partial charge in [0.1, 0.15) is 0 Å². The van der Waals surface area contributed by atoms with Gasteiger partial charge in [0.15, 0.2) is 0 Å². The maximum atomic E-state index is 12.8. The number of pyridine rings is 1. The van der Waals surface area contributed by atoms with Crippen LogP contribution in [0.4, 0.5) is 5.69 Å². The normalized spacial score (nSPS) is 15.7. The van der Waals surface area contributed by atoms with Gasteiger partial charge in [-0.1, -0.05) is 32.0 Å². The van der Waals surface area contributed by atoms with Gasteiger partial charge >= 0.3 is 0 Å². The van der Waals surface area contributed by atoms with E-state index in [9.17, 15) is 4.79 Å². The third kappa shape index (κ3) is 4.66. The molecule has 0 spiro atoms. The van der Waals surface area contributed by atoms with Gasteiger partial charge in [-0.2, -0.15) is 0 Å². The van der Waals surface area contributed by atoms with E-state index in [0.29, 0.717) is 19.5 Å². The molecular weight excluding hydrogens is 336 g/mol. The number of carbonyl (C=O) groups excluding carboxylic acids is 1. The Morgan fingerprint density at radius 1 is 1.04 bits per heavy atom. The Kier molecular flexibility index (Phi) is 6.45. The number of carbonyl (C=O) groups is 1. The molecule has 1 amide bonds. The summed E-state index contributed by atoms with van der Waals surface area (Å²) in [7, 11) is 0. The van der Waals surface area contributed by atoms with Crippen LogP contribution in [0.1, 0.15) is 30.5 Å². The Bertz CT molecular complexity index is 754. The maximum absolute atomic E-state index is 12.8. The second-order valence-corrected chi connectivity index (χ2v) is 7.14. The highest BCUT2D eigenvalue weighted by Gasteiger charge is 2.25. The van der Waals surface area contributed by atoms with E-state index in [1.807, 2.05) is 17.0 Å². The molecule has 5 nitrogen and oxygen atoms in total. The Hall–Kier alpha value is -2.40. The summed E-state index contributed by atoms with van der Waals surface area (Å²) in [5.41, 5.74) is 11.3. The smallest absolute Gasteiger partial charge is 0.239 e. The number of hydrogen-bond donors (Lipinski definition) is 1. The zero-order chi connectivity index (χ0) is 19.2. The summed E-state index contributed by atoms with van der Waals surface area (Å²) in [6.07, 6.45) is 6.25. The van der Waals surface area contributed by atoms with Crippen LogP contribution in [-0.2, 0) is 24.1 Å². The van der Waals surface area contributed by atoms with Gasteiger partial charge in [0.25, 0.3) is 0 Å². The second-order valence-electron chi connectivity index (χ2n) is 7.14. The van der Waals surface area contributed by atoms with Crippen molar-refractivity contribution in [3.8, 4) is 0 Å². The number of aryl methyl sites for hydroxylation is 2. The van der Waals surface area contributed by atoms with Crippen LogP contribution in [0.2, 0.25) is 0 Å². The third-order valence-electron chi connectivity index (χ3n) is 5.42. The van der Waals surface area contributed by atoms with E-state index in [0.717, 1.165) is 37.2 Å². The van der Waals surface area contributed by atoms with Crippen LogP contribution in [0.3, 0.4) is 0 Å². The molecule has 2 N–H and O–H groups in total. The predicted octanol–water partition coefficient (Wildman–Crippen LogP) is 2.42. The summed E-state index contributed by atoms with van der Waals surface area (Å²) in [4.78, 5) is 21.0. The van der Waals surface area contributed by atoms with E-state index in [1.54, 1.807) is 12.4 Å². The van der Waals surface area contributed by atoms with Gasteiger partial charge in [0.05, 0.1) is 6.04 Å². The van der Waals surface area contributed by atoms with Gasteiger partial charge in [-0.3, -0.25) is 9.78 Å². The van der Waals surface area contributed by atoms with E-state index >= 15 is 0 Å². The molecule has 1 fully saturated rings. The summed E-state index contributed by atoms with van der Waals surface area (Å²) in [6, 6.07) is 10.1. The molecular formula is C22H30N4O. The van der Waals surface area contributed by atoms with Crippen LogP contribution < -0.4 is 10.6 Å². The molecule has 3 rings (SSSR count). The van der Waals surface area contributed by atoms with Crippen molar-refractivity contribution >= 4 is 11.6 Å². The van der Waals surface area contributed by atoms with Crippen LogP contribution in [0.15, 0.2) is 42.7 Å². The van der Waals surface area contributed by atoms with Gasteiger partial charge in [0.2, 0.25) is 5.91 Å². The molecule has 0 saturated carbocycles. The lowest BCUT2D eigenvalue weighted by atomic mass is 9.96. The second kappa shape index (κ2) is 9.00. The molecule has 1 unspecified atom stereocenters. The molecule has 0 aliphatic carbocycles. The number of hydrogen-bond acceptors (Lipinski definition) is 4. The van der Waals surface area contributed by atoms with Gasteiger partial charge < -0.3 is 15.5 Å². The summed E-state index contributed by atoms with van der Waals surface area (Å²) in [5, 5.41) is 0. The molecule has 1 aromatic carbocycles. The highest BCUT2D eigenvalue weighted by Crippen LogP contribution is 2.17. The van der Waals surface area contributed by atoms with Crippen molar-refractivity contribution < 1.29 is 4.79 Å². The Morgan fingerprint density at radius 2 is 1.70 bits per heavy atom. The van der Waals surface area contributed by atoms with Crippen LogP contribution in [0.25, 0.3) is 0 Å². The van der Waals surface area contributed by atoms with Crippen LogP contribution in [0.5, 0.6) is 0 Å². The number of nitrogens with two attached hydrogens (primary N) is 1. The fraction of sp³-hybridized carbons (Fsp3) is 0.455. The number of piperazine rings is 1. The SMILES string of the molecule is CCc1ccc(CC(N)C(=O)N2CCN(c3ccncc3)CC2)cc1CC. The molecule has 144 valence electrons. The molecule has 2 heterocycles. The summed E-state index contributed by atoms with van der Waals surface area (Å²) in [6.45, 7) is 7.43. The van der Waals surface area contributed by atoms with Crippen molar-refractivity contribution in [2.45, 2.75) is 39.2 Å². The first-order chi connectivity index (χ1) is 13.1. The van der Waals surface area contributed by atoms with E-state index in [4.69, 9.17) is 5.73 Å². The number of amides is 1. The lowest BCUT2D eigenvalue weighted by Gasteiger charge is -2.37. The van der Waals surface area contributed by atoms with Gasteiger partial charge in [-0.15, -0.1) is 0 Å². The maximum Gasteiger partial charge on any atom is 0.239 e. The summed E-state index contributed by atoms with van der Waals surface area (Å²) < 4.78 is 0. The Balaban J connectivity index is 1.57. The van der Waals surface area contributed by atoms with Crippen LogP contribution in [0, 0.1) is 0 Å². The van der Waals surface area contributed by atoms with Gasteiger partial charge in [0, 0.05) is 44.3 Å². The lowest BCUT2D eigenvalue weighted by Crippen LogP contribution is -2.53. The number of aromatic nitrogens is 1. The number of rotatable bonds is 6. The van der Waals surface area contributed by atoms with Crippen molar-refractivity contribution in [2.75, 3.05) is 31.1 Å². The van der Waals surface area contributed by atoms with E-state index in [2.05, 4.69) is 41.9 Å². The average molecular weight is 367 g/mol. The standard InChI is InChI=1S/C22H30N4O/c1-3-18-6-5-17(15-19(18)4-2)16-21(23)22(27)26-13-11-25(12-14-26)20-7-9-24-10-8-20/h5-10,15,21H,3-4,11-14,16,23H2,1-2H3. The summed E-state index contributed by atoms with van der Waals surface area (Å²) >= 11 is 0. The van der Waals surface area contributed by atoms with Gasteiger partial charge in [-0.05, 0) is 48.1 Å². The third-order valence-corrected chi connectivity index (χ3v) is 5.42. The molecule has 5 heteroatoms. The van der Waals surface area contributed by atoms with Crippen LogP contribution >= 0.6 is 0 Å². The quantitative estimate of drug-likeness (QED) is 0.853. The number of benzene rings is 1. The topological polar surface area (TPSA) is 62.5 Å². The highest BCUT2D eigenvalue weighted by atomic mass is 16.2. The fourth-order valence-corrected chi connectivity index (χ4v) is 3.80. The van der Waals surface area contributed by atoms with Crippen molar-refractivity contribution in [3.05, 3.63) is 59.4 Å². The molecule has 0 bridgehead atoms. The van der Waals surface area contributed by atoms with Crippen molar-refractivity contribution in [1.82, 2.24) is 9.88 Å². The van der Waals surface area contributed by atoms with Crippen molar-refractivity contribution in [3.63, 3.8) is 0 Å². The fourth-order valence-electron chi connectivity index (χ4n) is 3.80. The molecule has 1 aliphatic heterocycles. The first-order valence-electron chi connectivity index (χ1n) is 9.92. The first kappa shape index (κ1) is 19.4. The minimum Gasteiger partial charge on any atom is -0.368 e. The largest absolute Gasteiger partial charge is 0.368 e. The molecule has 1 atom stereocenters. The van der Waals surface area contributed by atoms with E-state index in [1.165, 1.54) is 11.1 Å². The number of nitrogens with zero attached hydrogens (tertiary/aromatic N) is 3. The average Bonchev–Trinajstić information content (AvgIpc) is 2.73.